The van der Waals surface area contributed by atoms with Crippen molar-refractivity contribution in [2.45, 2.75) is 13.0 Å². The number of fused-ring (bicyclic) bond motifs is 2. The quantitative estimate of drug-likeness (QED) is 0.318. The van der Waals surface area contributed by atoms with E-state index < -0.39 is 12.0 Å². The number of thiazole rings is 1. The fraction of sp³-hybridized carbons (Fsp3) is 0.258. The van der Waals surface area contributed by atoms with E-state index in [0.29, 0.717) is 51.1 Å². The third kappa shape index (κ3) is 4.70. The van der Waals surface area contributed by atoms with Gasteiger partial charge in [-0.05, 0) is 30.7 Å². The van der Waals surface area contributed by atoms with Crippen molar-refractivity contribution in [2.24, 2.45) is 4.99 Å². The summed E-state index contributed by atoms with van der Waals surface area (Å²) in [4.78, 5) is 35.2. The number of benzene rings is 2. The average molecular weight is 586 g/mol. The second kappa shape index (κ2) is 11.0. The van der Waals surface area contributed by atoms with Crippen LogP contribution in [0.25, 0.3) is 11.8 Å². The molecule has 42 heavy (non-hydrogen) atoms. The van der Waals surface area contributed by atoms with Gasteiger partial charge in [0.15, 0.2) is 22.2 Å². The predicted molar refractivity (Wildman–Crippen MR) is 155 cm³/mol. The molecule has 3 aliphatic rings. The number of nitrogens with zero attached hydrogens (tertiary/aromatic N) is 3. The molecule has 5 heterocycles. The van der Waals surface area contributed by atoms with E-state index in [2.05, 4.69) is 4.90 Å². The molecule has 0 spiro atoms. The molecule has 3 aliphatic heterocycles. The molecule has 0 unspecified atom stereocenters. The standard InChI is InChI=1S/C31H27N3O7S/c1-2-38-30(36)26-27(19-6-4-3-5-7-19)32-31-34(28(26)20-8-10-22-23(16-20)40-18-39-22)29(35)24(42-31)17-21-9-11-25(41-21)33-12-14-37-15-13-33/h3-11,16-17,28H,2,12-15,18H2,1H3/b24-17-/t28-/m1/s1. The molecule has 4 aromatic rings. The van der Waals surface area contributed by atoms with E-state index in [-0.39, 0.29) is 24.5 Å². The molecule has 214 valence electrons. The second-order valence-electron chi connectivity index (χ2n) is 9.82. The summed E-state index contributed by atoms with van der Waals surface area (Å²) in [6.07, 6.45) is 1.72. The molecule has 0 saturated carbocycles. The van der Waals surface area contributed by atoms with E-state index >= 15 is 0 Å². The van der Waals surface area contributed by atoms with E-state index in [1.807, 2.05) is 48.5 Å². The van der Waals surface area contributed by atoms with Gasteiger partial charge < -0.3 is 28.3 Å². The first-order valence-corrected chi connectivity index (χ1v) is 14.5. The Balaban J connectivity index is 1.42. The number of ether oxygens (including phenoxy) is 4. The van der Waals surface area contributed by atoms with Crippen molar-refractivity contribution >= 4 is 35.0 Å². The van der Waals surface area contributed by atoms with Crippen LogP contribution in [0.3, 0.4) is 0 Å². The number of rotatable bonds is 6. The topological polar surface area (TPSA) is 105 Å². The Kier molecular flexibility index (Phi) is 6.88. The molecule has 2 aromatic heterocycles. The van der Waals surface area contributed by atoms with Crippen molar-refractivity contribution in [1.29, 1.82) is 0 Å². The smallest absolute Gasteiger partial charge is 0.338 e. The van der Waals surface area contributed by atoms with Crippen LogP contribution in [0.1, 0.15) is 29.9 Å². The van der Waals surface area contributed by atoms with Crippen molar-refractivity contribution in [3.05, 3.63) is 103 Å². The number of hydrogen-bond donors (Lipinski definition) is 0. The number of furan rings is 1. The van der Waals surface area contributed by atoms with Gasteiger partial charge in [-0.25, -0.2) is 9.79 Å². The minimum atomic E-state index is -0.812. The number of carbonyl (C=O) groups is 1. The van der Waals surface area contributed by atoms with Crippen LogP contribution in [-0.2, 0) is 14.3 Å². The summed E-state index contributed by atoms with van der Waals surface area (Å²) in [5.74, 6) is 1.88. The number of aromatic nitrogens is 1. The lowest BCUT2D eigenvalue weighted by Gasteiger charge is -2.26. The summed E-state index contributed by atoms with van der Waals surface area (Å²) in [6.45, 7) is 4.79. The Morgan fingerprint density at radius 2 is 1.88 bits per heavy atom. The SMILES string of the molecule is CCOC(=O)C1=C(c2ccccc2)N=c2s/c(=C\c3ccc(N4CCOCC4)o3)c(=O)n2[C@@H]1c1ccc2c(c1)OCO2. The Morgan fingerprint density at radius 1 is 1.07 bits per heavy atom. The lowest BCUT2D eigenvalue weighted by molar-refractivity contribution is -0.138. The predicted octanol–water partition coefficient (Wildman–Crippen LogP) is 3.09. The number of carbonyl (C=O) groups excluding carboxylic acids is 1. The molecule has 0 radical (unpaired) electrons. The van der Waals surface area contributed by atoms with E-state index in [1.54, 1.807) is 29.7 Å². The minimum absolute atomic E-state index is 0.104. The van der Waals surface area contributed by atoms with Gasteiger partial charge in [-0.1, -0.05) is 47.7 Å². The van der Waals surface area contributed by atoms with Crippen molar-refractivity contribution in [1.82, 2.24) is 4.57 Å². The van der Waals surface area contributed by atoms with Crippen LogP contribution in [0.2, 0.25) is 0 Å². The number of morpholine rings is 1. The van der Waals surface area contributed by atoms with Gasteiger partial charge in [0, 0.05) is 30.8 Å². The van der Waals surface area contributed by atoms with Crippen LogP contribution < -0.4 is 29.3 Å². The number of hydrogen-bond acceptors (Lipinski definition) is 10. The van der Waals surface area contributed by atoms with E-state index in [9.17, 15) is 9.59 Å². The zero-order chi connectivity index (χ0) is 28.6. The maximum Gasteiger partial charge on any atom is 0.338 e. The third-order valence-electron chi connectivity index (χ3n) is 7.29. The Bertz CT molecular complexity index is 1870. The zero-order valence-electron chi connectivity index (χ0n) is 22.8. The lowest BCUT2D eigenvalue weighted by Crippen LogP contribution is -2.40. The largest absolute Gasteiger partial charge is 0.463 e. The summed E-state index contributed by atoms with van der Waals surface area (Å²) in [5, 5.41) is 0. The number of anilines is 1. The van der Waals surface area contributed by atoms with Crippen molar-refractivity contribution in [3.8, 4) is 11.5 Å². The van der Waals surface area contributed by atoms with Gasteiger partial charge in [0.2, 0.25) is 6.79 Å². The molecule has 2 aromatic carbocycles. The van der Waals surface area contributed by atoms with Crippen molar-refractivity contribution in [2.75, 3.05) is 44.6 Å². The monoisotopic (exact) mass is 585 g/mol. The molecule has 7 rings (SSSR count). The molecular formula is C31H27N3O7S. The average Bonchev–Trinajstić information content (AvgIpc) is 3.76. The van der Waals surface area contributed by atoms with Gasteiger partial charge in [-0.2, -0.15) is 0 Å². The summed E-state index contributed by atoms with van der Waals surface area (Å²) in [6, 6.07) is 17.8. The van der Waals surface area contributed by atoms with Crippen molar-refractivity contribution < 1.29 is 28.2 Å². The maximum atomic E-state index is 14.1. The Morgan fingerprint density at radius 3 is 2.69 bits per heavy atom. The third-order valence-corrected chi connectivity index (χ3v) is 8.28. The van der Waals surface area contributed by atoms with Gasteiger partial charge in [-0.3, -0.25) is 9.36 Å². The molecule has 0 N–H and O–H groups in total. The van der Waals surface area contributed by atoms with Gasteiger partial charge in [0.25, 0.3) is 5.56 Å². The van der Waals surface area contributed by atoms with Crippen LogP contribution in [0.4, 0.5) is 5.88 Å². The van der Waals surface area contributed by atoms with Crippen LogP contribution in [-0.4, -0.2) is 50.2 Å². The molecule has 11 heteroatoms. The van der Waals surface area contributed by atoms with Gasteiger partial charge in [0.1, 0.15) is 5.76 Å². The van der Waals surface area contributed by atoms with Crippen LogP contribution >= 0.6 is 11.3 Å². The Labute approximate surface area is 244 Å². The van der Waals surface area contributed by atoms with Crippen molar-refractivity contribution in [3.63, 3.8) is 0 Å². The first-order chi connectivity index (χ1) is 20.6. The van der Waals surface area contributed by atoms with Gasteiger partial charge in [-0.15, -0.1) is 0 Å². The lowest BCUT2D eigenvalue weighted by atomic mass is 9.93. The highest BCUT2D eigenvalue weighted by Crippen LogP contribution is 2.40. The van der Waals surface area contributed by atoms with Crippen LogP contribution in [0, 0.1) is 0 Å². The first kappa shape index (κ1) is 26.3. The summed E-state index contributed by atoms with van der Waals surface area (Å²) >= 11 is 1.24. The maximum absolute atomic E-state index is 14.1. The van der Waals surface area contributed by atoms with E-state index in [1.165, 1.54) is 11.3 Å². The van der Waals surface area contributed by atoms with Gasteiger partial charge >= 0.3 is 5.97 Å². The molecule has 1 fully saturated rings. The zero-order valence-corrected chi connectivity index (χ0v) is 23.6. The highest BCUT2D eigenvalue weighted by atomic mass is 32.1. The van der Waals surface area contributed by atoms with Crippen LogP contribution in [0.15, 0.2) is 80.4 Å². The summed E-state index contributed by atoms with van der Waals surface area (Å²) < 4.78 is 30.2. The molecular weight excluding hydrogens is 558 g/mol. The summed E-state index contributed by atoms with van der Waals surface area (Å²) in [5.41, 5.74) is 1.85. The molecule has 1 atom stereocenters. The fourth-order valence-electron chi connectivity index (χ4n) is 5.34. The molecule has 0 bridgehead atoms. The molecule has 1 saturated heterocycles. The molecule has 10 nitrogen and oxygen atoms in total. The van der Waals surface area contributed by atoms with Gasteiger partial charge in [0.05, 0.1) is 41.7 Å². The first-order valence-electron chi connectivity index (χ1n) is 13.7. The fourth-order valence-corrected chi connectivity index (χ4v) is 6.32. The van der Waals surface area contributed by atoms with E-state index in [4.69, 9.17) is 28.4 Å². The number of esters is 1. The van der Waals surface area contributed by atoms with Crippen LogP contribution in [0.5, 0.6) is 11.5 Å². The minimum Gasteiger partial charge on any atom is -0.463 e. The molecule has 0 amide bonds. The second-order valence-corrected chi connectivity index (χ2v) is 10.8. The Hall–Kier alpha value is -4.61. The van der Waals surface area contributed by atoms with E-state index in [0.717, 1.165) is 24.5 Å². The summed E-state index contributed by atoms with van der Waals surface area (Å²) in [7, 11) is 0. The highest BCUT2D eigenvalue weighted by molar-refractivity contribution is 7.07. The normalized spacial score (nSPS) is 18.2. The molecule has 0 aliphatic carbocycles. The highest BCUT2D eigenvalue weighted by Gasteiger charge is 2.36.